The maximum absolute atomic E-state index is 10.8. The maximum atomic E-state index is 10.8. The van der Waals surface area contributed by atoms with Crippen LogP contribution >= 0.6 is 0 Å². The van der Waals surface area contributed by atoms with E-state index in [1.165, 1.54) is 11.6 Å². The molecule has 0 saturated carbocycles. The molecule has 0 bridgehead atoms. The Hall–Kier alpha value is -3.15. The predicted octanol–water partition coefficient (Wildman–Crippen LogP) is 3.32. The van der Waals surface area contributed by atoms with Gasteiger partial charge in [0.1, 0.15) is 5.52 Å². The summed E-state index contributed by atoms with van der Waals surface area (Å²) in [6, 6.07) is 11.8. The van der Waals surface area contributed by atoms with Crippen LogP contribution in [0, 0.1) is 10.1 Å². The maximum Gasteiger partial charge on any atom is 0.235 e. The third kappa shape index (κ3) is 1.99. The molecule has 0 saturated heterocycles. The molecule has 23 heavy (non-hydrogen) atoms. The molecular formula is C17H13N3O3. The summed E-state index contributed by atoms with van der Waals surface area (Å²) in [5, 5.41) is 10.8. The van der Waals surface area contributed by atoms with Gasteiger partial charge in [0.05, 0.1) is 23.2 Å². The molecule has 3 aromatic rings. The first-order valence-corrected chi connectivity index (χ1v) is 7.16. The number of benzene rings is 1. The Balaban J connectivity index is 2.06. The Labute approximate surface area is 131 Å². The van der Waals surface area contributed by atoms with Gasteiger partial charge in [-0.3, -0.25) is 10.1 Å². The summed E-state index contributed by atoms with van der Waals surface area (Å²) in [5.74, 6) is 0.491. The number of hydrogen-bond donors (Lipinski definition) is 0. The van der Waals surface area contributed by atoms with Gasteiger partial charge in [0, 0.05) is 29.8 Å². The van der Waals surface area contributed by atoms with E-state index < -0.39 is 4.92 Å². The van der Waals surface area contributed by atoms with Gasteiger partial charge in [-0.25, -0.2) is 4.98 Å². The van der Waals surface area contributed by atoms with E-state index in [4.69, 9.17) is 4.74 Å². The summed E-state index contributed by atoms with van der Waals surface area (Å²) in [5.41, 5.74) is 5.67. The number of rotatable bonds is 3. The zero-order chi connectivity index (χ0) is 16.0. The lowest BCUT2D eigenvalue weighted by Gasteiger charge is -2.02. The number of nitrogens with zero attached hydrogens (tertiary/aromatic N) is 3. The molecule has 6 heteroatoms. The highest BCUT2D eigenvalue weighted by molar-refractivity contribution is 5.97. The fourth-order valence-electron chi connectivity index (χ4n) is 3.15. The van der Waals surface area contributed by atoms with E-state index in [0.29, 0.717) is 11.4 Å². The van der Waals surface area contributed by atoms with E-state index in [2.05, 4.69) is 15.6 Å². The molecule has 3 heterocycles. The molecule has 1 aliphatic rings. The fourth-order valence-corrected chi connectivity index (χ4v) is 3.15. The monoisotopic (exact) mass is 307 g/mol. The van der Waals surface area contributed by atoms with Crippen molar-refractivity contribution >= 4 is 17.1 Å². The Morgan fingerprint density at radius 3 is 2.91 bits per heavy atom. The lowest BCUT2D eigenvalue weighted by atomic mass is 10.0. The standard InChI is InChI=1S/C17H13N3O3/c1-23-15-7-6-14-16(18-15)13(8-9-20(21)22)17-12-5-3-2-4-11(12)10-19(14)17/h2-9H,10H2,1H3/b9-8+. The van der Waals surface area contributed by atoms with Crippen LogP contribution in [0.2, 0.25) is 0 Å². The van der Waals surface area contributed by atoms with Crippen molar-refractivity contribution in [1.82, 2.24) is 9.55 Å². The summed E-state index contributed by atoms with van der Waals surface area (Å²) in [6.07, 6.45) is 2.47. The summed E-state index contributed by atoms with van der Waals surface area (Å²) < 4.78 is 7.34. The van der Waals surface area contributed by atoms with E-state index in [0.717, 1.165) is 35.1 Å². The van der Waals surface area contributed by atoms with Crippen molar-refractivity contribution in [2.24, 2.45) is 0 Å². The summed E-state index contributed by atoms with van der Waals surface area (Å²) in [7, 11) is 1.56. The Kier molecular flexibility index (Phi) is 2.90. The summed E-state index contributed by atoms with van der Waals surface area (Å²) >= 11 is 0. The second-order valence-corrected chi connectivity index (χ2v) is 5.33. The number of aromatic nitrogens is 2. The van der Waals surface area contributed by atoms with E-state index in [-0.39, 0.29) is 0 Å². The molecule has 0 fully saturated rings. The number of ether oxygens (including phenoxy) is 1. The lowest BCUT2D eigenvalue weighted by Crippen LogP contribution is -1.93. The molecule has 0 unspecified atom stereocenters. The minimum atomic E-state index is -0.461. The van der Waals surface area contributed by atoms with Crippen LogP contribution in [-0.2, 0) is 6.54 Å². The van der Waals surface area contributed by atoms with Crippen LogP contribution in [0.1, 0.15) is 11.1 Å². The zero-order valence-corrected chi connectivity index (χ0v) is 12.4. The van der Waals surface area contributed by atoms with Crippen LogP contribution < -0.4 is 4.74 Å². The average Bonchev–Trinajstić information content (AvgIpc) is 3.07. The molecule has 0 spiro atoms. The minimum absolute atomic E-state index is 0.461. The first kappa shape index (κ1) is 13.5. The predicted molar refractivity (Wildman–Crippen MR) is 86.9 cm³/mol. The number of nitro groups is 1. The average molecular weight is 307 g/mol. The minimum Gasteiger partial charge on any atom is -0.481 e. The third-order valence-corrected chi connectivity index (χ3v) is 4.09. The topological polar surface area (TPSA) is 70.2 Å². The van der Waals surface area contributed by atoms with Crippen LogP contribution in [0.5, 0.6) is 5.88 Å². The van der Waals surface area contributed by atoms with Crippen LogP contribution in [0.25, 0.3) is 28.4 Å². The molecule has 1 aromatic carbocycles. The molecule has 0 N–H and O–H groups in total. The highest BCUT2D eigenvalue weighted by Gasteiger charge is 2.26. The number of hydrogen-bond acceptors (Lipinski definition) is 4. The zero-order valence-electron chi connectivity index (χ0n) is 12.4. The quantitative estimate of drug-likeness (QED) is 0.430. The first-order valence-electron chi connectivity index (χ1n) is 7.16. The Morgan fingerprint density at radius 1 is 1.30 bits per heavy atom. The van der Waals surface area contributed by atoms with Crippen molar-refractivity contribution in [3.8, 4) is 17.1 Å². The second kappa shape index (κ2) is 4.95. The van der Waals surface area contributed by atoms with E-state index >= 15 is 0 Å². The number of fused-ring (bicyclic) bond motifs is 5. The van der Waals surface area contributed by atoms with Crippen molar-refractivity contribution in [2.45, 2.75) is 6.54 Å². The summed E-state index contributed by atoms with van der Waals surface area (Å²) in [4.78, 5) is 14.8. The molecule has 1 aliphatic heterocycles. The number of pyridine rings is 1. The van der Waals surface area contributed by atoms with E-state index in [1.807, 2.05) is 24.3 Å². The van der Waals surface area contributed by atoms with Gasteiger partial charge in [-0.15, -0.1) is 0 Å². The largest absolute Gasteiger partial charge is 0.481 e. The van der Waals surface area contributed by atoms with E-state index in [9.17, 15) is 10.1 Å². The van der Waals surface area contributed by atoms with Gasteiger partial charge < -0.3 is 9.30 Å². The molecule has 0 radical (unpaired) electrons. The SMILES string of the molecule is COc1ccc2c(n1)c(/C=C/[N+](=O)[O-])c1n2Cc2ccccc2-1. The molecule has 6 nitrogen and oxygen atoms in total. The van der Waals surface area contributed by atoms with Crippen LogP contribution in [0.4, 0.5) is 0 Å². The molecule has 0 amide bonds. The third-order valence-electron chi connectivity index (χ3n) is 4.09. The van der Waals surface area contributed by atoms with Crippen LogP contribution in [0.3, 0.4) is 0 Å². The molecule has 4 rings (SSSR count). The normalized spacial score (nSPS) is 12.6. The van der Waals surface area contributed by atoms with Crippen LogP contribution in [0.15, 0.2) is 42.6 Å². The summed E-state index contributed by atoms with van der Waals surface area (Å²) in [6.45, 7) is 0.738. The van der Waals surface area contributed by atoms with Gasteiger partial charge >= 0.3 is 0 Å². The van der Waals surface area contributed by atoms with Gasteiger partial charge in [0.2, 0.25) is 12.1 Å². The molecule has 0 atom stereocenters. The smallest absolute Gasteiger partial charge is 0.235 e. The van der Waals surface area contributed by atoms with Crippen molar-refractivity contribution in [2.75, 3.05) is 7.11 Å². The van der Waals surface area contributed by atoms with Crippen LogP contribution in [-0.4, -0.2) is 21.6 Å². The van der Waals surface area contributed by atoms with Gasteiger partial charge in [0.25, 0.3) is 0 Å². The van der Waals surface area contributed by atoms with Gasteiger partial charge in [-0.1, -0.05) is 24.3 Å². The fraction of sp³-hybridized carbons (Fsp3) is 0.118. The molecular weight excluding hydrogens is 294 g/mol. The van der Waals surface area contributed by atoms with E-state index in [1.54, 1.807) is 13.2 Å². The molecule has 2 aromatic heterocycles. The van der Waals surface area contributed by atoms with Crippen molar-refractivity contribution < 1.29 is 9.66 Å². The van der Waals surface area contributed by atoms with Gasteiger partial charge in [-0.05, 0) is 11.6 Å². The molecule has 0 aliphatic carbocycles. The van der Waals surface area contributed by atoms with Crippen molar-refractivity contribution in [3.05, 3.63) is 63.8 Å². The lowest BCUT2D eigenvalue weighted by molar-refractivity contribution is -0.400. The Morgan fingerprint density at radius 2 is 2.13 bits per heavy atom. The Bertz CT molecular complexity index is 973. The second-order valence-electron chi connectivity index (χ2n) is 5.33. The molecule has 114 valence electrons. The van der Waals surface area contributed by atoms with Crippen molar-refractivity contribution in [3.63, 3.8) is 0 Å². The first-order chi connectivity index (χ1) is 11.2. The highest BCUT2D eigenvalue weighted by Crippen LogP contribution is 2.41. The number of methoxy groups -OCH3 is 1. The van der Waals surface area contributed by atoms with Gasteiger partial charge in [-0.2, -0.15) is 0 Å². The van der Waals surface area contributed by atoms with Gasteiger partial charge in [0.15, 0.2) is 0 Å². The van der Waals surface area contributed by atoms with Crippen molar-refractivity contribution in [1.29, 1.82) is 0 Å². The highest BCUT2D eigenvalue weighted by atomic mass is 16.6.